The number of carbonyl (C=O) groups excluding carboxylic acids is 1. The fraction of sp³-hybridized carbons (Fsp3) is 0.412. The van der Waals surface area contributed by atoms with Crippen molar-refractivity contribution in [3.05, 3.63) is 35.3 Å². The van der Waals surface area contributed by atoms with Crippen LogP contribution in [0.1, 0.15) is 19.5 Å². The molecule has 0 unspecified atom stereocenters. The second-order valence-corrected chi connectivity index (χ2v) is 6.06. The van der Waals surface area contributed by atoms with Gasteiger partial charge in [-0.05, 0) is 38.1 Å². The normalized spacial score (nSPS) is 12.0. The van der Waals surface area contributed by atoms with Crippen LogP contribution in [0.5, 0.6) is 5.75 Å². The molecule has 2 aromatic rings. The Labute approximate surface area is 140 Å². The molecular weight excluding hydrogens is 312 g/mol. The van der Waals surface area contributed by atoms with E-state index < -0.39 is 0 Å². The standard InChI is InChI=1S/C17H22N2O3S/c1-4-22-15-7-5-13(6-8-15)17-19-14(11-23-17)9-16(20)18-12(2)10-21-3/h5-8,11-12H,4,9-10H2,1-3H3,(H,18,20)/t12-/m1/s1. The molecule has 23 heavy (non-hydrogen) atoms. The summed E-state index contributed by atoms with van der Waals surface area (Å²) >= 11 is 1.54. The molecule has 0 fully saturated rings. The molecule has 0 spiro atoms. The third-order valence-electron chi connectivity index (χ3n) is 3.13. The van der Waals surface area contributed by atoms with Crippen LogP contribution in [0.2, 0.25) is 0 Å². The van der Waals surface area contributed by atoms with Crippen LogP contribution < -0.4 is 10.1 Å². The van der Waals surface area contributed by atoms with Crippen molar-refractivity contribution in [3.63, 3.8) is 0 Å². The number of hydrogen-bond acceptors (Lipinski definition) is 5. The molecule has 0 saturated heterocycles. The molecule has 0 aliphatic carbocycles. The van der Waals surface area contributed by atoms with Crippen molar-refractivity contribution in [3.8, 4) is 16.3 Å². The highest BCUT2D eigenvalue weighted by atomic mass is 32.1. The third kappa shape index (κ3) is 5.33. The van der Waals surface area contributed by atoms with Gasteiger partial charge >= 0.3 is 0 Å². The molecule has 5 nitrogen and oxygen atoms in total. The Morgan fingerprint density at radius 2 is 2.09 bits per heavy atom. The van der Waals surface area contributed by atoms with Gasteiger partial charge in [0.2, 0.25) is 5.91 Å². The van der Waals surface area contributed by atoms with E-state index >= 15 is 0 Å². The molecule has 1 aromatic carbocycles. The highest BCUT2D eigenvalue weighted by Gasteiger charge is 2.11. The Kier molecular flexibility index (Phi) is 6.55. The van der Waals surface area contributed by atoms with E-state index in [-0.39, 0.29) is 18.4 Å². The molecule has 1 amide bonds. The van der Waals surface area contributed by atoms with E-state index in [9.17, 15) is 4.79 Å². The zero-order valence-electron chi connectivity index (χ0n) is 13.7. The van der Waals surface area contributed by atoms with E-state index in [0.29, 0.717) is 13.2 Å². The van der Waals surface area contributed by atoms with Crippen LogP contribution in [0.25, 0.3) is 10.6 Å². The summed E-state index contributed by atoms with van der Waals surface area (Å²) in [6.45, 7) is 5.02. The van der Waals surface area contributed by atoms with Gasteiger partial charge in [0, 0.05) is 24.1 Å². The number of thiazole rings is 1. The fourth-order valence-electron chi connectivity index (χ4n) is 2.16. The number of aromatic nitrogens is 1. The first-order chi connectivity index (χ1) is 11.1. The maximum absolute atomic E-state index is 11.9. The van der Waals surface area contributed by atoms with Gasteiger partial charge in [-0.25, -0.2) is 4.98 Å². The highest BCUT2D eigenvalue weighted by molar-refractivity contribution is 7.13. The highest BCUT2D eigenvalue weighted by Crippen LogP contribution is 2.25. The van der Waals surface area contributed by atoms with Crippen LogP contribution in [-0.4, -0.2) is 37.3 Å². The Hall–Kier alpha value is -1.92. The number of ether oxygens (including phenoxy) is 2. The van der Waals surface area contributed by atoms with E-state index in [1.54, 1.807) is 7.11 Å². The summed E-state index contributed by atoms with van der Waals surface area (Å²) in [4.78, 5) is 16.5. The quantitative estimate of drug-likeness (QED) is 0.806. The van der Waals surface area contributed by atoms with Crippen LogP contribution in [0.4, 0.5) is 0 Å². The summed E-state index contributed by atoms with van der Waals surface area (Å²) in [6.07, 6.45) is 0.279. The molecule has 1 atom stereocenters. The predicted molar refractivity (Wildman–Crippen MR) is 91.9 cm³/mol. The van der Waals surface area contributed by atoms with Crippen LogP contribution >= 0.6 is 11.3 Å². The minimum atomic E-state index is -0.0434. The molecule has 124 valence electrons. The van der Waals surface area contributed by atoms with E-state index in [1.807, 2.05) is 43.5 Å². The lowest BCUT2D eigenvalue weighted by Gasteiger charge is -2.11. The molecule has 0 saturated carbocycles. The van der Waals surface area contributed by atoms with Gasteiger partial charge in [-0.3, -0.25) is 4.79 Å². The number of nitrogens with one attached hydrogen (secondary N) is 1. The third-order valence-corrected chi connectivity index (χ3v) is 4.07. The Morgan fingerprint density at radius 3 is 2.74 bits per heavy atom. The first-order valence-electron chi connectivity index (χ1n) is 7.58. The lowest BCUT2D eigenvalue weighted by molar-refractivity contribution is -0.121. The molecule has 1 heterocycles. The van der Waals surface area contributed by atoms with Crippen molar-refractivity contribution < 1.29 is 14.3 Å². The number of hydrogen-bond donors (Lipinski definition) is 1. The van der Waals surface area contributed by atoms with Gasteiger partial charge in [0.1, 0.15) is 10.8 Å². The lowest BCUT2D eigenvalue weighted by atomic mass is 10.2. The summed E-state index contributed by atoms with van der Waals surface area (Å²) in [6, 6.07) is 7.82. The summed E-state index contributed by atoms with van der Waals surface area (Å²) < 4.78 is 10.4. The molecule has 1 aromatic heterocycles. The zero-order valence-corrected chi connectivity index (χ0v) is 14.5. The predicted octanol–water partition coefficient (Wildman–Crippen LogP) is 2.90. The van der Waals surface area contributed by atoms with Crippen molar-refractivity contribution in [2.24, 2.45) is 0 Å². The largest absolute Gasteiger partial charge is 0.494 e. The van der Waals surface area contributed by atoms with Gasteiger partial charge in [-0.2, -0.15) is 0 Å². The number of rotatable bonds is 8. The van der Waals surface area contributed by atoms with E-state index in [4.69, 9.17) is 9.47 Å². The number of methoxy groups -OCH3 is 1. The van der Waals surface area contributed by atoms with E-state index in [0.717, 1.165) is 22.0 Å². The van der Waals surface area contributed by atoms with Crippen LogP contribution in [-0.2, 0) is 16.0 Å². The topological polar surface area (TPSA) is 60.5 Å². The van der Waals surface area contributed by atoms with Crippen LogP contribution in [0.3, 0.4) is 0 Å². The van der Waals surface area contributed by atoms with Gasteiger partial charge in [0.15, 0.2) is 0 Å². The van der Waals surface area contributed by atoms with Crippen LogP contribution in [0, 0.1) is 0 Å². The Balaban J connectivity index is 1.96. The molecule has 0 aliphatic rings. The second-order valence-electron chi connectivity index (χ2n) is 5.20. The number of carbonyl (C=O) groups is 1. The summed E-state index contributed by atoms with van der Waals surface area (Å²) in [5, 5.41) is 5.71. The Bertz CT molecular complexity index is 625. The van der Waals surface area contributed by atoms with Crippen molar-refractivity contribution in [1.82, 2.24) is 10.3 Å². The number of benzene rings is 1. The average Bonchev–Trinajstić information content (AvgIpc) is 2.96. The maximum atomic E-state index is 11.9. The molecule has 0 radical (unpaired) electrons. The van der Waals surface area contributed by atoms with Gasteiger partial charge in [-0.15, -0.1) is 11.3 Å². The van der Waals surface area contributed by atoms with Crippen molar-refractivity contribution in [2.75, 3.05) is 20.3 Å². The molecule has 6 heteroatoms. The molecule has 1 N–H and O–H groups in total. The monoisotopic (exact) mass is 334 g/mol. The van der Waals surface area contributed by atoms with Crippen molar-refractivity contribution >= 4 is 17.2 Å². The SMILES string of the molecule is CCOc1ccc(-c2nc(CC(=O)N[C@H](C)COC)cs2)cc1. The molecule has 0 aliphatic heterocycles. The molecule has 0 bridgehead atoms. The van der Waals surface area contributed by atoms with Gasteiger partial charge < -0.3 is 14.8 Å². The fourth-order valence-corrected chi connectivity index (χ4v) is 2.99. The van der Waals surface area contributed by atoms with Crippen molar-refractivity contribution in [1.29, 1.82) is 0 Å². The number of nitrogens with zero attached hydrogens (tertiary/aromatic N) is 1. The van der Waals surface area contributed by atoms with Gasteiger partial charge in [0.25, 0.3) is 0 Å². The minimum absolute atomic E-state index is 0.00304. The molecule has 2 rings (SSSR count). The zero-order chi connectivity index (χ0) is 16.7. The lowest BCUT2D eigenvalue weighted by Crippen LogP contribution is -2.36. The van der Waals surface area contributed by atoms with Gasteiger partial charge in [0.05, 0.1) is 25.3 Å². The van der Waals surface area contributed by atoms with Crippen molar-refractivity contribution in [2.45, 2.75) is 26.3 Å². The average molecular weight is 334 g/mol. The second kappa shape index (κ2) is 8.64. The summed E-state index contributed by atoms with van der Waals surface area (Å²) in [5.41, 5.74) is 1.80. The minimum Gasteiger partial charge on any atom is -0.494 e. The molecular formula is C17H22N2O3S. The summed E-state index contributed by atoms with van der Waals surface area (Å²) in [7, 11) is 1.62. The summed E-state index contributed by atoms with van der Waals surface area (Å²) in [5.74, 6) is 0.803. The first-order valence-corrected chi connectivity index (χ1v) is 8.46. The van der Waals surface area contributed by atoms with Crippen LogP contribution in [0.15, 0.2) is 29.6 Å². The maximum Gasteiger partial charge on any atom is 0.226 e. The smallest absolute Gasteiger partial charge is 0.226 e. The first kappa shape index (κ1) is 17.4. The van der Waals surface area contributed by atoms with Gasteiger partial charge in [-0.1, -0.05) is 0 Å². The van der Waals surface area contributed by atoms with E-state index in [2.05, 4.69) is 10.3 Å². The Morgan fingerprint density at radius 1 is 1.35 bits per heavy atom. The number of amides is 1. The van der Waals surface area contributed by atoms with E-state index in [1.165, 1.54) is 11.3 Å².